The number of likely N-dealkylation sites (tertiary alicyclic amines) is 1. The van der Waals surface area contributed by atoms with Crippen molar-refractivity contribution in [2.24, 2.45) is 5.92 Å². The Morgan fingerprint density at radius 1 is 1.09 bits per heavy atom. The van der Waals surface area contributed by atoms with E-state index in [2.05, 4.69) is 52.7 Å². The Labute approximate surface area is 194 Å². The Morgan fingerprint density at radius 3 is 2.53 bits per heavy atom. The average molecular weight is 459 g/mol. The minimum Gasteiger partial charge on any atom is -0.480 e. The molecule has 1 aliphatic heterocycles. The highest BCUT2D eigenvalue weighted by atomic mass is 35.5. The van der Waals surface area contributed by atoms with Gasteiger partial charge in [0.2, 0.25) is 5.91 Å². The Morgan fingerprint density at radius 2 is 1.81 bits per heavy atom. The Hall–Kier alpha value is -2.41. The average Bonchev–Trinajstić information content (AvgIpc) is 2.79. The van der Waals surface area contributed by atoms with Crippen molar-refractivity contribution in [2.75, 3.05) is 39.4 Å². The first-order valence-electron chi connectivity index (χ1n) is 11.1. The third kappa shape index (κ3) is 7.62. The number of nitrogens with zero attached hydrogens (tertiary/aromatic N) is 1. The van der Waals surface area contributed by atoms with Crippen LogP contribution in [0.4, 0.5) is 0 Å². The molecule has 1 fully saturated rings. The van der Waals surface area contributed by atoms with E-state index in [4.69, 9.17) is 21.4 Å². The van der Waals surface area contributed by atoms with Crippen molar-refractivity contribution in [1.29, 1.82) is 0 Å². The molecule has 0 spiro atoms. The van der Waals surface area contributed by atoms with Crippen molar-refractivity contribution in [3.8, 4) is 0 Å². The molecule has 6 nitrogen and oxygen atoms in total. The van der Waals surface area contributed by atoms with Crippen LogP contribution in [0.5, 0.6) is 0 Å². The summed E-state index contributed by atoms with van der Waals surface area (Å²) in [6.45, 7) is 2.85. The number of amides is 1. The van der Waals surface area contributed by atoms with Gasteiger partial charge >= 0.3 is 5.97 Å². The largest absolute Gasteiger partial charge is 0.480 e. The molecule has 0 aromatic heterocycles. The zero-order valence-electron chi connectivity index (χ0n) is 18.2. The summed E-state index contributed by atoms with van der Waals surface area (Å²) in [5.74, 6) is -0.534. The fraction of sp³-hybridized carbons (Fsp3) is 0.440. The van der Waals surface area contributed by atoms with E-state index >= 15 is 0 Å². The van der Waals surface area contributed by atoms with Gasteiger partial charge in [-0.25, -0.2) is 4.79 Å². The van der Waals surface area contributed by atoms with Gasteiger partial charge in [-0.2, -0.15) is 0 Å². The molecular formula is C25H31ClN2O4. The Balaban J connectivity index is 1.53. The molecule has 172 valence electrons. The number of aliphatic carboxylic acids is 1. The van der Waals surface area contributed by atoms with E-state index in [0.29, 0.717) is 18.4 Å². The maximum Gasteiger partial charge on any atom is 0.329 e. The molecule has 0 radical (unpaired) electrons. The topological polar surface area (TPSA) is 78.9 Å². The smallest absolute Gasteiger partial charge is 0.329 e. The van der Waals surface area contributed by atoms with Crippen LogP contribution in [0.2, 0.25) is 5.02 Å². The molecule has 2 unspecified atom stereocenters. The van der Waals surface area contributed by atoms with Gasteiger partial charge in [0.1, 0.15) is 13.2 Å². The SMILES string of the molecule is O=C(O)COCC(=O)NCCCN1CCCC(C(c2ccccc2)c2ccc(Cl)cc2)C1. The number of hydrogen-bond donors (Lipinski definition) is 2. The third-order valence-corrected chi connectivity index (χ3v) is 6.09. The second kappa shape index (κ2) is 12.6. The van der Waals surface area contributed by atoms with Gasteiger partial charge in [-0.05, 0) is 61.5 Å². The molecular weight excluding hydrogens is 428 g/mol. The van der Waals surface area contributed by atoms with Gasteiger partial charge in [0.25, 0.3) is 0 Å². The second-order valence-electron chi connectivity index (χ2n) is 8.23. The first-order valence-corrected chi connectivity index (χ1v) is 11.5. The van der Waals surface area contributed by atoms with E-state index in [1.807, 2.05) is 12.1 Å². The number of rotatable bonds is 11. The molecule has 2 aromatic rings. The predicted octanol–water partition coefficient (Wildman–Crippen LogP) is 3.79. The van der Waals surface area contributed by atoms with Gasteiger partial charge in [-0.3, -0.25) is 4.79 Å². The number of carbonyl (C=O) groups excluding carboxylic acids is 1. The number of carbonyl (C=O) groups is 2. The van der Waals surface area contributed by atoms with Crippen LogP contribution in [-0.2, 0) is 14.3 Å². The van der Waals surface area contributed by atoms with Gasteiger partial charge in [0.05, 0.1) is 0 Å². The number of hydrogen-bond acceptors (Lipinski definition) is 4. The zero-order chi connectivity index (χ0) is 22.8. The summed E-state index contributed by atoms with van der Waals surface area (Å²) in [6.07, 6.45) is 3.17. The number of nitrogens with one attached hydrogen (secondary N) is 1. The number of carboxylic acid groups (broad SMARTS) is 1. The molecule has 0 aliphatic carbocycles. The molecule has 1 aliphatic rings. The highest BCUT2D eigenvalue weighted by molar-refractivity contribution is 6.30. The maximum atomic E-state index is 11.7. The molecule has 2 aromatic carbocycles. The monoisotopic (exact) mass is 458 g/mol. The molecule has 2 N–H and O–H groups in total. The summed E-state index contributed by atoms with van der Waals surface area (Å²) in [7, 11) is 0. The lowest BCUT2D eigenvalue weighted by atomic mass is 9.77. The van der Waals surface area contributed by atoms with E-state index in [-0.39, 0.29) is 12.5 Å². The fourth-order valence-electron chi connectivity index (χ4n) is 4.45. The first-order chi connectivity index (χ1) is 15.5. The van der Waals surface area contributed by atoms with Gasteiger partial charge in [-0.1, -0.05) is 54.1 Å². The maximum absolute atomic E-state index is 11.7. The van der Waals surface area contributed by atoms with Crippen LogP contribution >= 0.6 is 11.6 Å². The van der Waals surface area contributed by atoms with Gasteiger partial charge < -0.3 is 20.1 Å². The first kappa shape index (κ1) is 24.2. The van der Waals surface area contributed by atoms with Crippen LogP contribution in [0.25, 0.3) is 0 Å². The summed E-state index contributed by atoms with van der Waals surface area (Å²) in [5.41, 5.74) is 2.62. The summed E-state index contributed by atoms with van der Waals surface area (Å²) in [5, 5.41) is 12.1. The highest BCUT2D eigenvalue weighted by Crippen LogP contribution is 2.37. The summed E-state index contributed by atoms with van der Waals surface area (Å²) < 4.78 is 4.81. The molecule has 1 amide bonds. The van der Waals surface area contributed by atoms with Crippen LogP contribution in [0, 0.1) is 5.92 Å². The third-order valence-electron chi connectivity index (χ3n) is 5.83. The van der Waals surface area contributed by atoms with Crippen molar-refractivity contribution in [3.63, 3.8) is 0 Å². The van der Waals surface area contributed by atoms with E-state index in [9.17, 15) is 9.59 Å². The van der Waals surface area contributed by atoms with Gasteiger partial charge in [-0.15, -0.1) is 0 Å². The van der Waals surface area contributed by atoms with E-state index in [0.717, 1.165) is 37.5 Å². The van der Waals surface area contributed by atoms with Crippen molar-refractivity contribution in [2.45, 2.75) is 25.2 Å². The summed E-state index contributed by atoms with van der Waals surface area (Å²) in [6, 6.07) is 18.9. The van der Waals surface area contributed by atoms with Gasteiger partial charge in [0, 0.05) is 24.0 Å². The zero-order valence-corrected chi connectivity index (χ0v) is 19.0. The van der Waals surface area contributed by atoms with Crippen LogP contribution in [0.15, 0.2) is 54.6 Å². The number of piperidine rings is 1. The van der Waals surface area contributed by atoms with Crippen molar-refractivity contribution in [3.05, 3.63) is 70.7 Å². The standard InChI is InChI=1S/C25H31ClN2O4/c26-22-11-9-20(10-12-22)25(19-6-2-1-3-7-19)21-8-4-14-28(16-21)15-5-13-27-23(29)17-32-18-24(30)31/h1-3,6-7,9-12,21,25H,4-5,8,13-18H2,(H,27,29)(H,30,31). The van der Waals surface area contributed by atoms with Crippen molar-refractivity contribution >= 4 is 23.5 Å². The number of halogens is 1. The molecule has 32 heavy (non-hydrogen) atoms. The lowest BCUT2D eigenvalue weighted by Crippen LogP contribution is -2.39. The van der Waals surface area contributed by atoms with Crippen molar-refractivity contribution in [1.82, 2.24) is 10.2 Å². The predicted molar refractivity (Wildman–Crippen MR) is 125 cm³/mol. The minimum atomic E-state index is -1.08. The van der Waals surface area contributed by atoms with E-state index < -0.39 is 12.6 Å². The quantitative estimate of drug-likeness (QED) is 0.501. The second-order valence-corrected chi connectivity index (χ2v) is 8.67. The molecule has 7 heteroatoms. The lowest BCUT2D eigenvalue weighted by Gasteiger charge is -2.37. The Kier molecular flexibility index (Phi) is 9.53. The molecule has 3 rings (SSSR count). The van der Waals surface area contributed by atoms with E-state index in [1.54, 1.807) is 0 Å². The molecule has 1 saturated heterocycles. The lowest BCUT2D eigenvalue weighted by molar-refractivity contribution is -0.143. The van der Waals surface area contributed by atoms with Crippen LogP contribution < -0.4 is 5.32 Å². The Bertz CT molecular complexity index is 860. The van der Waals surface area contributed by atoms with Crippen molar-refractivity contribution < 1.29 is 19.4 Å². The van der Waals surface area contributed by atoms with E-state index in [1.165, 1.54) is 17.5 Å². The summed E-state index contributed by atoms with van der Waals surface area (Å²) in [4.78, 5) is 24.6. The molecule has 2 atom stereocenters. The van der Waals surface area contributed by atoms with Crippen LogP contribution in [-0.4, -0.2) is 61.3 Å². The molecule has 0 saturated carbocycles. The van der Waals surface area contributed by atoms with Crippen LogP contribution in [0.3, 0.4) is 0 Å². The van der Waals surface area contributed by atoms with Crippen LogP contribution in [0.1, 0.15) is 36.3 Å². The number of ether oxygens (including phenoxy) is 1. The molecule has 1 heterocycles. The normalized spacial score (nSPS) is 17.6. The summed E-state index contributed by atoms with van der Waals surface area (Å²) >= 11 is 6.13. The number of benzene rings is 2. The fourth-order valence-corrected chi connectivity index (χ4v) is 4.57. The minimum absolute atomic E-state index is 0.224. The van der Waals surface area contributed by atoms with Gasteiger partial charge in [0.15, 0.2) is 0 Å². The number of carboxylic acids is 1. The molecule has 0 bridgehead atoms. The highest BCUT2D eigenvalue weighted by Gasteiger charge is 2.29.